The zero-order valence-electron chi connectivity index (χ0n) is 8.78. The number of halogens is 3. The molecular weight excluding hydrogens is 286 g/mol. The predicted molar refractivity (Wildman–Crippen MR) is 67.2 cm³/mol. The summed E-state index contributed by atoms with van der Waals surface area (Å²) >= 11 is 15.8. The van der Waals surface area contributed by atoms with Gasteiger partial charge in [-0.25, -0.2) is 0 Å². The molecule has 1 rings (SSSR count). The number of hydrogen-bond acceptors (Lipinski definition) is 3. The van der Waals surface area contributed by atoms with E-state index in [2.05, 4.69) is 4.74 Å². The molecule has 1 atom stereocenters. The number of carbonyl (C=O) groups is 1. The second-order valence-electron chi connectivity index (χ2n) is 3.47. The van der Waals surface area contributed by atoms with Crippen LogP contribution in [-0.2, 0) is 16.0 Å². The van der Waals surface area contributed by atoms with Gasteiger partial charge >= 0.3 is 9.95 Å². The Balaban J connectivity index is 2.40. The van der Waals surface area contributed by atoms with E-state index < -0.39 is 16.1 Å². The van der Waals surface area contributed by atoms with E-state index in [0.717, 1.165) is 5.56 Å². The van der Waals surface area contributed by atoms with E-state index in [0.29, 0.717) is 6.42 Å². The molecule has 0 aromatic heterocycles. The molecule has 1 aromatic carbocycles. The summed E-state index contributed by atoms with van der Waals surface area (Å²) < 4.78 is 2.36. The molecule has 0 radical (unpaired) electrons. The molecule has 0 aliphatic rings. The van der Waals surface area contributed by atoms with Crippen LogP contribution in [0.15, 0.2) is 30.3 Å². The summed E-state index contributed by atoms with van der Waals surface area (Å²) in [5.74, 6) is -0.756. The van der Waals surface area contributed by atoms with Gasteiger partial charge in [0, 0.05) is 0 Å². The number of aliphatic hydroxyl groups excluding tert-OH is 1. The number of rotatable bonds is 4. The second-order valence-corrected chi connectivity index (χ2v) is 5.64. The normalized spacial score (nSPS) is 13.2. The molecule has 6 heteroatoms. The van der Waals surface area contributed by atoms with Crippen LogP contribution >= 0.6 is 34.8 Å². The van der Waals surface area contributed by atoms with Crippen LogP contribution in [0.25, 0.3) is 0 Å². The smallest absolute Gasteiger partial charge is 0.340 e. The zero-order valence-corrected chi connectivity index (χ0v) is 11.0. The standard InChI is InChI=1S/C11H11Cl3O3/c12-11(13,14)17-10(16)7-9(15)6-8-4-2-1-3-5-8/h1-5,9,15H,6-7H2. The van der Waals surface area contributed by atoms with Crippen molar-refractivity contribution in [3.63, 3.8) is 0 Å². The monoisotopic (exact) mass is 296 g/mol. The van der Waals surface area contributed by atoms with Gasteiger partial charge in [0.15, 0.2) is 0 Å². The van der Waals surface area contributed by atoms with Crippen molar-refractivity contribution in [2.24, 2.45) is 0 Å². The van der Waals surface area contributed by atoms with Crippen molar-refractivity contribution in [2.45, 2.75) is 22.9 Å². The van der Waals surface area contributed by atoms with Crippen molar-refractivity contribution >= 4 is 40.8 Å². The molecule has 3 nitrogen and oxygen atoms in total. The van der Waals surface area contributed by atoms with E-state index in [9.17, 15) is 9.90 Å². The van der Waals surface area contributed by atoms with Crippen molar-refractivity contribution in [1.82, 2.24) is 0 Å². The second kappa shape index (κ2) is 6.45. The average Bonchev–Trinajstić information content (AvgIpc) is 2.15. The summed E-state index contributed by atoms with van der Waals surface area (Å²) in [6, 6.07) is 9.27. The third-order valence-corrected chi connectivity index (χ3v) is 2.18. The highest BCUT2D eigenvalue weighted by Gasteiger charge is 2.26. The minimum Gasteiger partial charge on any atom is -0.414 e. The Morgan fingerprint density at radius 2 is 1.88 bits per heavy atom. The van der Waals surface area contributed by atoms with Crippen molar-refractivity contribution in [2.75, 3.05) is 0 Å². The third kappa shape index (κ3) is 6.74. The molecule has 0 amide bonds. The third-order valence-electron chi connectivity index (χ3n) is 1.95. The SMILES string of the molecule is O=C(CC(O)Cc1ccccc1)OC(Cl)(Cl)Cl. The molecule has 0 aliphatic heterocycles. The molecule has 1 N–H and O–H groups in total. The topological polar surface area (TPSA) is 46.5 Å². The number of carbonyl (C=O) groups excluding carboxylic acids is 1. The van der Waals surface area contributed by atoms with Gasteiger partial charge in [0.1, 0.15) is 0 Å². The maximum Gasteiger partial charge on any atom is 0.340 e. The lowest BCUT2D eigenvalue weighted by Crippen LogP contribution is -2.22. The van der Waals surface area contributed by atoms with E-state index in [1.165, 1.54) is 0 Å². The van der Waals surface area contributed by atoms with E-state index in [1.54, 1.807) is 0 Å². The first-order valence-corrected chi connectivity index (χ1v) is 6.01. The summed E-state index contributed by atoms with van der Waals surface area (Å²) in [5, 5.41) is 9.64. The summed E-state index contributed by atoms with van der Waals surface area (Å²) in [4.78, 5) is 11.2. The fraction of sp³-hybridized carbons (Fsp3) is 0.364. The Morgan fingerprint density at radius 1 is 1.29 bits per heavy atom. The summed E-state index contributed by atoms with van der Waals surface area (Å²) in [7, 11) is 0. The highest BCUT2D eigenvalue weighted by molar-refractivity contribution is 6.66. The number of ether oxygens (including phenoxy) is 1. The molecule has 0 aliphatic carbocycles. The number of alkyl halides is 3. The predicted octanol–water partition coefficient (Wildman–Crippen LogP) is 2.85. The minimum absolute atomic E-state index is 0.219. The summed E-state index contributed by atoms with van der Waals surface area (Å²) in [6.07, 6.45) is -0.740. The van der Waals surface area contributed by atoms with Gasteiger partial charge in [0.25, 0.3) is 0 Å². The van der Waals surface area contributed by atoms with Crippen LogP contribution in [0.1, 0.15) is 12.0 Å². The molecule has 0 heterocycles. The summed E-state index contributed by atoms with van der Waals surface area (Å²) in [6.45, 7) is 0. The first kappa shape index (κ1) is 14.6. The van der Waals surface area contributed by atoms with Crippen LogP contribution in [0.4, 0.5) is 0 Å². The minimum atomic E-state index is -2.08. The quantitative estimate of drug-likeness (QED) is 0.686. The molecule has 1 aromatic rings. The van der Waals surface area contributed by atoms with Crippen LogP contribution in [0.3, 0.4) is 0 Å². The van der Waals surface area contributed by atoms with Gasteiger partial charge < -0.3 is 9.84 Å². The lowest BCUT2D eigenvalue weighted by Gasteiger charge is -2.14. The van der Waals surface area contributed by atoms with Gasteiger partial charge in [-0.15, -0.1) is 0 Å². The maximum absolute atomic E-state index is 11.2. The summed E-state index contributed by atoms with van der Waals surface area (Å²) in [5.41, 5.74) is 0.918. The number of benzene rings is 1. The lowest BCUT2D eigenvalue weighted by molar-refractivity contribution is -0.146. The largest absolute Gasteiger partial charge is 0.414 e. The number of aliphatic hydroxyl groups is 1. The molecule has 0 fully saturated rings. The Morgan fingerprint density at radius 3 is 2.41 bits per heavy atom. The molecule has 94 valence electrons. The van der Waals surface area contributed by atoms with Gasteiger partial charge in [0.2, 0.25) is 0 Å². The Bertz CT molecular complexity index is 362. The van der Waals surface area contributed by atoms with Crippen LogP contribution in [-0.4, -0.2) is 21.2 Å². The van der Waals surface area contributed by atoms with Crippen LogP contribution in [0.2, 0.25) is 0 Å². The fourth-order valence-electron chi connectivity index (χ4n) is 1.32. The Kier molecular flexibility index (Phi) is 5.53. The van der Waals surface area contributed by atoms with Crippen molar-refractivity contribution < 1.29 is 14.6 Å². The fourth-order valence-corrected chi connectivity index (χ4v) is 1.58. The number of esters is 1. The van der Waals surface area contributed by atoms with E-state index in [4.69, 9.17) is 34.8 Å². The Labute approximate surface area is 114 Å². The van der Waals surface area contributed by atoms with Gasteiger partial charge in [-0.3, -0.25) is 4.79 Å². The molecule has 0 bridgehead atoms. The van der Waals surface area contributed by atoms with Crippen LogP contribution in [0.5, 0.6) is 0 Å². The van der Waals surface area contributed by atoms with Crippen molar-refractivity contribution in [3.05, 3.63) is 35.9 Å². The molecular formula is C11H11Cl3O3. The van der Waals surface area contributed by atoms with Gasteiger partial charge in [0.05, 0.1) is 12.5 Å². The van der Waals surface area contributed by atoms with E-state index in [-0.39, 0.29) is 6.42 Å². The van der Waals surface area contributed by atoms with Crippen LogP contribution in [0, 0.1) is 0 Å². The molecule has 17 heavy (non-hydrogen) atoms. The number of hydrogen-bond donors (Lipinski definition) is 1. The molecule has 0 saturated carbocycles. The van der Waals surface area contributed by atoms with Crippen molar-refractivity contribution in [1.29, 1.82) is 0 Å². The first-order chi connectivity index (χ1) is 7.87. The first-order valence-electron chi connectivity index (χ1n) is 4.87. The highest BCUT2D eigenvalue weighted by atomic mass is 35.6. The molecule has 1 unspecified atom stereocenters. The van der Waals surface area contributed by atoms with Gasteiger partial charge in [-0.05, 0) is 46.8 Å². The molecule has 0 spiro atoms. The lowest BCUT2D eigenvalue weighted by atomic mass is 10.1. The van der Waals surface area contributed by atoms with E-state index in [1.807, 2.05) is 30.3 Å². The van der Waals surface area contributed by atoms with Crippen LogP contribution < -0.4 is 0 Å². The van der Waals surface area contributed by atoms with Gasteiger partial charge in [-0.2, -0.15) is 0 Å². The Hall–Kier alpha value is -0.480. The zero-order chi connectivity index (χ0) is 12.9. The highest BCUT2D eigenvalue weighted by Crippen LogP contribution is 2.28. The maximum atomic E-state index is 11.2. The van der Waals surface area contributed by atoms with E-state index >= 15 is 0 Å². The van der Waals surface area contributed by atoms with Crippen molar-refractivity contribution in [3.8, 4) is 0 Å². The average molecular weight is 298 g/mol. The van der Waals surface area contributed by atoms with Gasteiger partial charge in [-0.1, -0.05) is 30.3 Å². The molecule has 0 saturated heterocycles.